The first-order valence-corrected chi connectivity index (χ1v) is 10.8. The number of hydrogen-bond acceptors (Lipinski definition) is 6. The Morgan fingerprint density at radius 2 is 1.67 bits per heavy atom. The SMILES string of the molecule is Nc1n[n+](Cc2cc(-c3ccc(C(F)(F)F)cc3C(F)(F)F)no2)c(N)c2[nH]c(-c3cccc(F)c3F)nc12. The maximum atomic E-state index is 14.2. The van der Waals surface area contributed by atoms with Crippen LogP contribution in [0.4, 0.5) is 46.8 Å². The van der Waals surface area contributed by atoms with Gasteiger partial charge < -0.3 is 15.2 Å². The predicted octanol–water partition coefficient (Wildman–Crippen LogP) is 5.10. The Morgan fingerprint density at radius 1 is 0.923 bits per heavy atom. The van der Waals surface area contributed by atoms with E-state index < -0.39 is 40.7 Å². The second-order valence-electron chi connectivity index (χ2n) is 8.27. The van der Waals surface area contributed by atoms with Gasteiger partial charge in [-0.2, -0.15) is 26.3 Å². The van der Waals surface area contributed by atoms with E-state index in [1.165, 1.54) is 12.1 Å². The summed E-state index contributed by atoms with van der Waals surface area (Å²) in [5.74, 6) is -2.71. The molecule has 39 heavy (non-hydrogen) atoms. The molecule has 5 N–H and O–H groups in total. The zero-order chi connectivity index (χ0) is 28.3. The highest BCUT2D eigenvalue weighted by Gasteiger charge is 2.39. The summed E-state index contributed by atoms with van der Waals surface area (Å²) in [5, 5.41) is 7.60. The van der Waals surface area contributed by atoms with Crippen molar-refractivity contribution in [3.05, 3.63) is 71.0 Å². The van der Waals surface area contributed by atoms with Gasteiger partial charge >= 0.3 is 18.2 Å². The summed E-state index contributed by atoms with van der Waals surface area (Å²) in [6.07, 6.45) is -10.1. The third kappa shape index (κ3) is 4.68. The molecule has 0 spiro atoms. The minimum absolute atomic E-state index is 0.0100. The topological polar surface area (TPSA) is 124 Å². The number of H-pyrrole nitrogens is 1. The van der Waals surface area contributed by atoms with Crippen molar-refractivity contribution >= 4 is 22.7 Å². The number of benzene rings is 2. The van der Waals surface area contributed by atoms with Crippen molar-refractivity contribution in [3.63, 3.8) is 0 Å². The van der Waals surface area contributed by atoms with Crippen molar-refractivity contribution in [1.29, 1.82) is 0 Å². The first kappa shape index (κ1) is 25.9. The van der Waals surface area contributed by atoms with Crippen LogP contribution in [-0.4, -0.2) is 20.2 Å². The lowest BCUT2D eigenvalue weighted by atomic mass is 10.0. The lowest BCUT2D eigenvalue weighted by Gasteiger charge is -2.14. The molecule has 5 rings (SSSR count). The van der Waals surface area contributed by atoms with Gasteiger partial charge in [0.2, 0.25) is 0 Å². The summed E-state index contributed by atoms with van der Waals surface area (Å²) < 4.78 is 114. The number of nitrogens with zero attached hydrogens (tertiary/aromatic N) is 4. The van der Waals surface area contributed by atoms with E-state index in [0.29, 0.717) is 12.1 Å². The number of halogens is 8. The van der Waals surface area contributed by atoms with E-state index >= 15 is 0 Å². The van der Waals surface area contributed by atoms with Crippen LogP contribution in [0, 0.1) is 11.6 Å². The molecule has 5 aromatic rings. The number of imidazole rings is 1. The molecule has 0 aliphatic heterocycles. The summed E-state index contributed by atoms with van der Waals surface area (Å²) in [4.78, 5) is 6.87. The van der Waals surface area contributed by atoms with Crippen molar-refractivity contribution in [1.82, 2.24) is 20.2 Å². The van der Waals surface area contributed by atoms with Crippen molar-refractivity contribution < 1.29 is 44.3 Å². The van der Waals surface area contributed by atoms with Gasteiger partial charge in [0.1, 0.15) is 17.0 Å². The molecule has 0 aliphatic carbocycles. The quantitative estimate of drug-likeness (QED) is 0.209. The molecule has 0 radical (unpaired) electrons. The average molecular weight is 556 g/mol. The molecule has 3 aromatic heterocycles. The van der Waals surface area contributed by atoms with Crippen molar-refractivity contribution in [3.8, 4) is 22.6 Å². The van der Waals surface area contributed by atoms with E-state index in [9.17, 15) is 35.1 Å². The monoisotopic (exact) mass is 556 g/mol. The summed E-state index contributed by atoms with van der Waals surface area (Å²) in [6, 6.07) is 5.68. The van der Waals surface area contributed by atoms with Gasteiger partial charge in [0.25, 0.3) is 0 Å². The zero-order valence-electron chi connectivity index (χ0n) is 19.1. The number of aromatic amines is 1. The number of nitrogens with two attached hydrogens (primary N) is 2. The number of alkyl halides is 6. The van der Waals surface area contributed by atoms with E-state index in [1.54, 1.807) is 0 Å². The Labute approximate surface area is 211 Å². The normalized spacial score (nSPS) is 12.4. The van der Waals surface area contributed by atoms with Gasteiger partial charge in [0, 0.05) is 11.6 Å². The maximum absolute atomic E-state index is 14.2. The van der Waals surface area contributed by atoms with Gasteiger partial charge in [-0.05, 0) is 24.3 Å². The van der Waals surface area contributed by atoms with Crippen LogP contribution in [0.1, 0.15) is 16.9 Å². The van der Waals surface area contributed by atoms with E-state index in [0.717, 1.165) is 16.8 Å². The average Bonchev–Trinajstić information content (AvgIpc) is 3.51. The number of nitrogen functional groups attached to an aromatic ring is 2. The Balaban J connectivity index is 1.51. The Hall–Kier alpha value is -4.76. The van der Waals surface area contributed by atoms with Crippen LogP contribution < -0.4 is 16.1 Å². The van der Waals surface area contributed by atoms with Crippen LogP contribution in [0.5, 0.6) is 0 Å². The largest absolute Gasteiger partial charge is 0.417 e. The number of rotatable bonds is 4. The second kappa shape index (κ2) is 8.92. The first-order chi connectivity index (χ1) is 18.2. The minimum atomic E-state index is -5.12. The van der Waals surface area contributed by atoms with Crippen LogP contribution in [0.25, 0.3) is 33.7 Å². The van der Waals surface area contributed by atoms with Crippen LogP contribution in [-0.2, 0) is 18.9 Å². The molecule has 202 valence electrons. The van der Waals surface area contributed by atoms with Crippen molar-refractivity contribution in [2.24, 2.45) is 0 Å². The number of fused-ring (bicyclic) bond motifs is 1. The second-order valence-corrected chi connectivity index (χ2v) is 8.27. The summed E-state index contributed by atoms with van der Waals surface area (Å²) >= 11 is 0. The molecule has 0 saturated carbocycles. The number of nitrogens with one attached hydrogen (secondary N) is 1. The van der Waals surface area contributed by atoms with Crippen LogP contribution in [0.2, 0.25) is 0 Å². The van der Waals surface area contributed by atoms with Gasteiger partial charge in [0.15, 0.2) is 35.3 Å². The van der Waals surface area contributed by atoms with Crippen LogP contribution >= 0.6 is 0 Å². The number of aromatic nitrogens is 5. The minimum Gasteiger partial charge on any atom is -0.379 e. The molecule has 2 aromatic carbocycles. The lowest BCUT2D eigenvalue weighted by Crippen LogP contribution is -2.42. The smallest absolute Gasteiger partial charge is 0.379 e. The van der Waals surface area contributed by atoms with Crippen molar-refractivity contribution in [2.75, 3.05) is 11.5 Å². The molecule has 3 heterocycles. The molecule has 0 amide bonds. The molecule has 0 aliphatic rings. The van der Waals surface area contributed by atoms with Gasteiger partial charge in [0.05, 0.1) is 16.7 Å². The Bertz CT molecular complexity index is 1720. The first-order valence-electron chi connectivity index (χ1n) is 10.8. The fourth-order valence-electron chi connectivity index (χ4n) is 3.88. The third-order valence-electron chi connectivity index (χ3n) is 5.71. The van der Waals surface area contributed by atoms with Gasteiger partial charge in [-0.25, -0.2) is 13.8 Å². The van der Waals surface area contributed by atoms with Crippen molar-refractivity contribution in [2.45, 2.75) is 18.9 Å². The van der Waals surface area contributed by atoms with E-state index in [-0.39, 0.29) is 58.1 Å². The summed E-state index contributed by atoms with van der Waals surface area (Å²) in [5.41, 5.74) is 7.98. The van der Waals surface area contributed by atoms with E-state index in [2.05, 4.69) is 20.2 Å². The van der Waals surface area contributed by atoms with E-state index in [4.69, 9.17) is 16.0 Å². The molecular weight excluding hydrogens is 542 g/mol. The third-order valence-corrected chi connectivity index (χ3v) is 5.71. The molecule has 0 fully saturated rings. The van der Waals surface area contributed by atoms with Gasteiger partial charge in [-0.3, -0.25) is 5.73 Å². The van der Waals surface area contributed by atoms with Crippen LogP contribution in [0.15, 0.2) is 47.0 Å². The molecular formula is C23H14F8N7O+. The van der Waals surface area contributed by atoms with Crippen LogP contribution in [0.3, 0.4) is 0 Å². The molecule has 16 heteroatoms. The Morgan fingerprint density at radius 3 is 2.36 bits per heavy atom. The van der Waals surface area contributed by atoms with Gasteiger partial charge in [-0.15, -0.1) is 4.68 Å². The van der Waals surface area contributed by atoms with E-state index in [1.807, 2.05) is 0 Å². The fourth-order valence-corrected chi connectivity index (χ4v) is 3.88. The standard InChI is InChI=1S/C23H13F8N7O/c24-14-3-1-2-12(16(14)25)21-34-17-18(35-21)20(33)38(36-19(17)32)8-10-7-15(37-39-10)11-5-4-9(22(26,27)28)6-13(11)23(29,30)31/h1-7H,8H2,(H4,32,33,34,35,36)/p+1. The molecule has 0 saturated heterocycles. The molecule has 0 bridgehead atoms. The number of hydrogen-bond donors (Lipinski definition) is 3. The highest BCUT2D eigenvalue weighted by Crippen LogP contribution is 2.40. The fraction of sp³-hybridized carbons (Fsp3) is 0.130. The van der Waals surface area contributed by atoms with Gasteiger partial charge in [-0.1, -0.05) is 22.4 Å². The lowest BCUT2D eigenvalue weighted by molar-refractivity contribution is -0.731. The molecule has 8 nitrogen and oxygen atoms in total. The summed E-state index contributed by atoms with van der Waals surface area (Å²) in [6.45, 7) is -0.316. The Kier molecular flexibility index (Phi) is 5.92. The summed E-state index contributed by atoms with van der Waals surface area (Å²) in [7, 11) is 0. The highest BCUT2D eigenvalue weighted by atomic mass is 19.4. The molecule has 0 atom stereocenters. The number of anilines is 2. The highest BCUT2D eigenvalue weighted by molar-refractivity contribution is 5.92. The maximum Gasteiger partial charge on any atom is 0.417 e. The predicted molar refractivity (Wildman–Crippen MR) is 119 cm³/mol. The zero-order valence-corrected chi connectivity index (χ0v) is 19.1. The molecule has 0 unspecified atom stereocenters.